The molecule has 2 saturated heterocycles. The fraction of sp³-hybridized carbons (Fsp3) is 0.600. The summed E-state index contributed by atoms with van der Waals surface area (Å²) in [6.07, 6.45) is 4.62. The quantitative estimate of drug-likeness (QED) is 0.740. The molecule has 6 nitrogen and oxygen atoms in total. The maximum atomic E-state index is 12.8. The molecule has 2 fully saturated rings. The monoisotopic (exact) mass is 427 g/mol. The second-order valence-corrected chi connectivity index (χ2v) is 8.15. The van der Waals surface area contributed by atoms with Crippen LogP contribution in [0.1, 0.15) is 36.0 Å². The summed E-state index contributed by atoms with van der Waals surface area (Å²) in [7, 11) is 1.49. The summed E-state index contributed by atoms with van der Waals surface area (Å²) in [6.45, 7) is 4.70. The van der Waals surface area contributed by atoms with Crippen molar-refractivity contribution < 1.29 is 14.3 Å². The third kappa shape index (κ3) is 5.10. The Morgan fingerprint density at radius 2 is 1.46 bits per heavy atom. The number of carbonyl (C=O) groups excluding carboxylic acids is 2. The highest BCUT2D eigenvalue weighted by Crippen LogP contribution is 2.34. The van der Waals surface area contributed by atoms with E-state index in [4.69, 9.17) is 27.9 Å². The molecule has 2 amide bonds. The summed E-state index contributed by atoms with van der Waals surface area (Å²) in [5.41, 5.74) is 0.449. The summed E-state index contributed by atoms with van der Waals surface area (Å²) in [4.78, 5) is 31.2. The van der Waals surface area contributed by atoms with Crippen LogP contribution >= 0.6 is 23.2 Å². The van der Waals surface area contributed by atoms with Crippen molar-refractivity contribution in [3.05, 3.63) is 27.7 Å². The van der Waals surface area contributed by atoms with Gasteiger partial charge in [0.15, 0.2) is 5.75 Å². The molecule has 8 heteroatoms. The van der Waals surface area contributed by atoms with Gasteiger partial charge in [0.2, 0.25) is 5.91 Å². The van der Waals surface area contributed by atoms with Crippen molar-refractivity contribution in [2.24, 2.45) is 0 Å². The summed E-state index contributed by atoms with van der Waals surface area (Å²) in [6, 6.07) is 3.17. The number of methoxy groups -OCH3 is 1. The lowest BCUT2D eigenvalue weighted by molar-refractivity contribution is -0.132. The minimum atomic E-state index is -0.107. The second-order valence-electron chi connectivity index (χ2n) is 7.34. The van der Waals surface area contributed by atoms with Crippen LogP contribution in [0.4, 0.5) is 0 Å². The number of hydrogen-bond donors (Lipinski definition) is 0. The Morgan fingerprint density at radius 3 is 2.00 bits per heavy atom. The van der Waals surface area contributed by atoms with Crippen molar-refractivity contribution in [1.29, 1.82) is 0 Å². The van der Waals surface area contributed by atoms with Gasteiger partial charge in [0.05, 0.1) is 23.7 Å². The minimum absolute atomic E-state index is 0.107. The lowest BCUT2D eigenvalue weighted by Crippen LogP contribution is -2.51. The average Bonchev–Trinajstić information content (AvgIpc) is 2.97. The molecule has 154 valence electrons. The van der Waals surface area contributed by atoms with E-state index in [0.717, 1.165) is 25.9 Å². The van der Waals surface area contributed by atoms with E-state index in [0.29, 0.717) is 54.1 Å². The number of ether oxygens (including phenoxy) is 1. The fourth-order valence-electron chi connectivity index (χ4n) is 3.78. The predicted octanol–water partition coefficient (Wildman–Crippen LogP) is 3.16. The largest absolute Gasteiger partial charge is 0.494 e. The lowest BCUT2D eigenvalue weighted by Gasteiger charge is -2.35. The molecule has 2 heterocycles. The number of nitrogens with zero attached hydrogens (tertiary/aromatic N) is 3. The van der Waals surface area contributed by atoms with Crippen LogP contribution in [0.3, 0.4) is 0 Å². The normalized spacial score (nSPS) is 18.7. The molecule has 3 rings (SSSR count). The zero-order chi connectivity index (χ0) is 20.1. The molecule has 0 atom stereocenters. The van der Waals surface area contributed by atoms with E-state index in [1.807, 2.05) is 4.90 Å². The molecule has 0 radical (unpaired) electrons. The van der Waals surface area contributed by atoms with Crippen molar-refractivity contribution in [2.45, 2.75) is 25.7 Å². The smallest absolute Gasteiger partial charge is 0.254 e. The summed E-state index contributed by atoms with van der Waals surface area (Å²) in [5, 5.41) is 0.639. The average molecular weight is 428 g/mol. The Kier molecular flexibility index (Phi) is 7.43. The van der Waals surface area contributed by atoms with E-state index in [1.165, 1.54) is 20.0 Å². The van der Waals surface area contributed by atoms with E-state index in [9.17, 15) is 9.59 Å². The first-order valence-corrected chi connectivity index (χ1v) is 10.6. The van der Waals surface area contributed by atoms with E-state index in [-0.39, 0.29) is 11.8 Å². The molecule has 0 spiro atoms. The van der Waals surface area contributed by atoms with Gasteiger partial charge in [-0.3, -0.25) is 14.5 Å². The van der Waals surface area contributed by atoms with Crippen LogP contribution < -0.4 is 4.74 Å². The molecular formula is C20H27Cl2N3O3. The van der Waals surface area contributed by atoms with E-state index >= 15 is 0 Å². The van der Waals surface area contributed by atoms with Gasteiger partial charge in [-0.1, -0.05) is 36.0 Å². The van der Waals surface area contributed by atoms with Crippen LogP contribution in [0.25, 0.3) is 0 Å². The van der Waals surface area contributed by atoms with Crippen LogP contribution in [0, 0.1) is 0 Å². The molecule has 2 aliphatic heterocycles. The predicted molar refractivity (Wildman–Crippen MR) is 110 cm³/mol. The van der Waals surface area contributed by atoms with Crippen LogP contribution in [-0.4, -0.2) is 79.4 Å². The number of piperazine rings is 1. The Labute approximate surface area is 176 Å². The Morgan fingerprint density at radius 1 is 0.893 bits per heavy atom. The lowest BCUT2D eigenvalue weighted by atomic mass is 10.1. The molecule has 0 aromatic heterocycles. The first-order valence-electron chi connectivity index (χ1n) is 9.82. The second kappa shape index (κ2) is 9.81. The number of likely N-dealkylation sites (tertiary alicyclic amines) is 1. The number of carbonyl (C=O) groups is 2. The van der Waals surface area contributed by atoms with E-state index in [2.05, 4.69) is 4.90 Å². The molecule has 0 bridgehead atoms. The molecule has 0 saturated carbocycles. The van der Waals surface area contributed by atoms with Gasteiger partial charge >= 0.3 is 0 Å². The Hall–Kier alpha value is -1.50. The fourth-order valence-corrected chi connectivity index (χ4v) is 4.42. The van der Waals surface area contributed by atoms with Gasteiger partial charge in [-0.25, -0.2) is 0 Å². The van der Waals surface area contributed by atoms with Crippen molar-refractivity contribution >= 4 is 35.0 Å². The highest BCUT2D eigenvalue weighted by atomic mass is 35.5. The van der Waals surface area contributed by atoms with Crippen molar-refractivity contribution in [2.75, 3.05) is 52.9 Å². The maximum Gasteiger partial charge on any atom is 0.254 e. The summed E-state index contributed by atoms with van der Waals surface area (Å²) < 4.78 is 5.13. The Bertz CT molecular complexity index is 690. The molecule has 0 aliphatic carbocycles. The van der Waals surface area contributed by atoms with Gasteiger partial charge in [0, 0.05) is 44.8 Å². The van der Waals surface area contributed by atoms with Gasteiger partial charge in [-0.2, -0.15) is 0 Å². The van der Waals surface area contributed by atoms with Gasteiger partial charge < -0.3 is 14.5 Å². The highest BCUT2D eigenvalue weighted by Gasteiger charge is 2.26. The zero-order valence-electron chi connectivity index (χ0n) is 16.3. The summed E-state index contributed by atoms with van der Waals surface area (Å²) in [5.74, 6) is 0.470. The number of halogens is 2. The highest BCUT2D eigenvalue weighted by molar-refractivity contribution is 6.37. The standard InChI is InChI=1S/C20H27Cl2N3O3/c1-28-19-16(21)12-15(13-17(19)22)20(27)25-10-8-23(9-11-25)14-18(26)24-6-4-2-3-5-7-24/h12-13H,2-11,14H2,1H3. The van der Waals surface area contributed by atoms with Crippen LogP contribution in [0.5, 0.6) is 5.75 Å². The molecular weight excluding hydrogens is 401 g/mol. The Balaban J connectivity index is 1.53. The first kappa shape index (κ1) is 21.2. The van der Waals surface area contributed by atoms with Gasteiger partial charge in [-0.15, -0.1) is 0 Å². The topological polar surface area (TPSA) is 53.1 Å². The SMILES string of the molecule is COc1c(Cl)cc(C(=O)N2CCN(CC(=O)N3CCCCCC3)CC2)cc1Cl. The molecule has 1 aromatic carbocycles. The molecule has 28 heavy (non-hydrogen) atoms. The van der Waals surface area contributed by atoms with Gasteiger partial charge in [0.25, 0.3) is 5.91 Å². The zero-order valence-corrected chi connectivity index (χ0v) is 17.8. The van der Waals surface area contributed by atoms with Crippen molar-refractivity contribution in [3.8, 4) is 5.75 Å². The number of amides is 2. The first-order chi connectivity index (χ1) is 13.5. The molecule has 1 aromatic rings. The van der Waals surface area contributed by atoms with Crippen molar-refractivity contribution in [3.63, 3.8) is 0 Å². The van der Waals surface area contributed by atoms with Crippen LogP contribution in [-0.2, 0) is 4.79 Å². The molecule has 2 aliphatic rings. The van der Waals surface area contributed by atoms with Gasteiger partial charge in [0.1, 0.15) is 0 Å². The third-order valence-corrected chi connectivity index (χ3v) is 5.99. The minimum Gasteiger partial charge on any atom is -0.494 e. The van der Waals surface area contributed by atoms with Crippen LogP contribution in [0.2, 0.25) is 10.0 Å². The number of rotatable bonds is 4. The van der Waals surface area contributed by atoms with E-state index < -0.39 is 0 Å². The van der Waals surface area contributed by atoms with Crippen molar-refractivity contribution in [1.82, 2.24) is 14.7 Å². The third-order valence-electron chi connectivity index (χ3n) is 5.43. The molecule has 0 N–H and O–H groups in total. The maximum absolute atomic E-state index is 12.8. The van der Waals surface area contributed by atoms with Crippen LogP contribution in [0.15, 0.2) is 12.1 Å². The number of hydrogen-bond acceptors (Lipinski definition) is 4. The van der Waals surface area contributed by atoms with Gasteiger partial charge in [-0.05, 0) is 25.0 Å². The molecule has 0 unspecified atom stereocenters. The van der Waals surface area contributed by atoms with E-state index in [1.54, 1.807) is 17.0 Å². The number of benzene rings is 1. The summed E-state index contributed by atoms with van der Waals surface area (Å²) >= 11 is 12.3.